The summed E-state index contributed by atoms with van der Waals surface area (Å²) in [5.41, 5.74) is 2.41. The van der Waals surface area contributed by atoms with Crippen molar-refractivity contribution in [3.05, 3.63) is 11.4 Å². The molecule has 4 nitrogen and oxygen atoms in total. The Morgan fingerprint density at radius 2 is 1.88 bits per heavy atom. The van der Waals surface area contributed by atoms with Crippen LogP contribution < -0.4 is 5.32 Å². The number of hydrogen-bond acceptors (Lipinski definition) is 3. The van der Waals surface area contributed by atoms with Crippen LogP contribution in [-0.4, -0.2) is 22.0 Å². The van der Waals surface area contributed by atoms with Gasteiger partial charge in [-0.3, -0.25) is 0 Å². The monoisotopic (exact) mass is 238 g/mol. The Hall–Kier alpha value is -0.900. The molecule has 1 aromatic heterocycles. The minimum absolute atomic E-state index is 0.608. The van der Waals surface area contributed by atoms with Gasteiger partial charge in [-0.2, -0.15) is 0 Å². The first-order valence-corrected chi connectivity index (χ1v) is 6.60. The van der Waals surface area contributed by atoms with Crippen LogP contribution in [0.25, 0.3) is 0 Å². The van der Waals surface area contributed by atoms with E-state index in [0.29, 0.717) is 5.92 Å². The van der Waals surface area contributed by atoms with Gasteiger partial charge in [-0.25, -0.2) is 4.68 Å². The minimum atomic E-state index is 0.608. The third kappa shape index (κ3) is 4.46. The second-order valence-electron chi connectivity index (χ2n) is 5.52. The molecule has 0 amide bonds. The van der Waals surface area contributed by atoms with Gasteiger partial charge in [-0.1, -0.05) is 32.9 Å². The molecule has 0 atom stereocenters. The summed E-state index contributed by atoms with van der Waals surface area (Å²) >= 11 is 0. The second-order valence-corrected chi connectivity index (χ2v) is 5.52. The SMILES string of the molecule is CNCc1nnn(CC(C)C)c1CCC(C)C. The van der Waals surface area contributed by atoms with Crippen molar-refractivity contribution in [2.24, 2.45) is 11.8 Å². The molecule has 0 aliphatic heterocycles. The lowest BCUT2D eigenvalue weighted by Crippen LogP contribution is -2.13. The average molecular weight is 238 g/mol. The van der Waals surface area contributed by atoms with Crippen LogP contribution in [0.5, 0.6) is 0 Å². The van der Waals surface area contributed by atoms with Crippen molar-refractivity contribution in [3.8, 4) is 0 Å². The van der Waals surface area contributed by atoms with Gasteiger partial charge in [0.25, 0.3) is 0 Å². The summed E-state index contributed by atoms with van der Waals surface area (Å²) in [5, 5.41) is 11.7. The summed E-state index contributed by atoms with van der Waals surface area (Å²) in [7, 11) is 1.95. The van der Waals surface area contributed by atoms with Crippen molar-refractivity contribution in [2.75, 3.05) is 7.05 Å². The number of nitrogens with one attached hydrogen (secondary N) is 1. The number of nitrogens with zero attached hydrogens (tertiary/aromatic N) is 3. The third-order valence-corrected chi connectivity index (χ3v) is 2.76. The lowest BCUT2D eigenvalue weighted by Gasteiger charge is -2.11. The molecule has 1 N–H and O–H groups in total. The molecule has 0 aliphatic rings. The van der Waals surface area contributed by atoms with Crippen molar-refractivity contribution < 1.29 is 0 Å². The fourth-order valence-corrected chi connectivity index (χ4v) is 1.86. The number of hydrogen-bond donors (Lipinski definition) is 1. The zero-order valence-corrected chi connectivity index (χ0v) is 11.8. The van der Waals surface area contributed by atoms with Gasteiger partial charge in [0.15, 0.2) is 0 Å². The molecular formula is C13H26N4. The number of rotatable bonds is 7. The highest BCUT2D eigenvalue weighted by atomic mass is 15.4. The molecule has 98 valence electrons. The molecule has 1 aromatic rings. The maximum absolute atomic E-state index is 4.29. The first-order valence-electron chi connectivity index (χ1n) is 6.60. The van der Waals surface area contributed by atoms with E-state index in [9.17, 15) is 0 Å². The molecule has 4 heteroatoms. The predicted octanol–water partition coefficient (Wildman–Crippen LogP) is 2.24. The zero-order valence-electron chi connectivity index (χ0n) is 11.8. The summed E-state index contributed by atoms with van der Waals surface area (Å²) in [4.78, 5) is 0. The lowest BCUT2D eigenvalue weighted by atomic mass is 10.0. The summed E-state index contributed by atoms with van der Waals surface area (Å²) < 4.78 is 2.08. The first-order chi connectivity index (χ1) is 8.04. The van der Waals surface area contributed by atoms with Crippen LogP contribution in [0.3, 0.4) is 0 Å². The molecule has 1 heterocycles. The molecule has 0 unspecified atom stereocenters. The standard InChI is InChI=1S/C13H26N4/c1-10(2)6-7-13-12(8-14-5)15-16-17(13)9-11(3)4/h10-11,14H,6-9H2,1-5H3. The Labute approximate surface area is 105 Å². The van der Waals surface area contributed by atoms with Crippen LogP contribution in [0.2, 0.25) is 0 Å². The normalized spacial score (nSPS) is 11.7. The van der Waals surface area contributed by atoms with Gasteiger partial charge >= 0.3 is 0 Å². The van der Waals surface area contributed by atoms with Gasteiger partial charge in [0.1, 0.15) is 0 Å². The van der Waals surface area contributed by atoms with Gasteiger partial charge in [0, 0.05) is 13.1 Å². The summed E-state index contributed by atoms with van der Waals surface area (Å²) in [6.07, 6.45) is 2.27. The van der Waals surface area contributed by atoms with Crippen molar-refractivity contribution in [1.82, 2.24) is 20.3 Å². The average Bonchev–Trinajstić information content (AvgIpc) is 2.58. The maximum Gasteiger partial charge on any atom is 0.0996 e. The van der Waals surface area contributed by atoms with Crippen LogP contribution >= 0.6 is 0 Å². The first kappa shape index (κ1) is 14.2. The van der Waals surface area contributed by atoms with Gasteiger partial charge in [0.05, 0.1) is 11.4 Å². The summed E-state index contributed by atoms with van der Waals surface area (Å²) in [6, 6.07) is 0. The molecule has 0 aliphatic carbocycles. The molecule has 1 rings (SSSR count). The molecular weight excluding hydrogens is 212 g/mol. The highest BCUT2D eigenvalue weighted by Crippen LogP contribution is 2.13. The van der Waals surface area contributed by atoms with Crippen LogP contribution in [0.1, 0.15) is 45.5 Å². The van der Waals surface area contributed by atoms with E-state index in [1.807, 2.05) is 7.05 Å². The van der Waals surface area contributed by atoms with Gasteiger partial charge in [-0.15, -0.1) is 5.10 Å². The van der Waals surface area contributed by atoms with Crippen molar-refractivity contribution in [2.45, 2.75) is 53.6 Å². The molecule has 0 radical (unpaired) electrons. The predicted molar refractivity (Wildman–Crippen MR) is 70.8 cm³/mol. The Kier molecular flexibility index (Phi) is 5.62. The Morgan fingerprint density at radius 1 is 1.18 bits per heavy atom. The molecule has 0 saturated heterocycles. The second kappa shape index (κ2) is 6.74. The third-order valence-electron chi connectivity index (χ3n) is 2.76. The molecule has 0 fully saturated rings. The van der Waals surface area contributed by atoms with E-state index in [1.165, 1.54) is 12.1 Å². The van der Waals surface area contributed by atoms with Gasteiger partial charge in [0.2, 0.25) is 0 Å². The summed E-state index contributed by atoms with van der Waals surface area (Å²) in [5.74, 6) is 1.33. The number of aromatic nitrogens is 3. The van der Waals surface area contributed by atoms with E-state index >= 15 is 0 Å². The maximum atomic E-state index is 4.29. The van der Waals surface area contributed by atoms with E-state index < -0.39 is 0 Å². The Balaban J connectivity index is 2.81. The van der Waals surface area contributed by atoms with E-state index in [2.05, 4.69) is 48.0 Å². The van der Waals surface area contributed by atoms with E-state index in [-0.39, 0.29) is 0 Å². The van der Waals surface area contributed by atoms with Crippen LogP contribution in [-0.2, 0) is 19.5 Å². The minimum Gasteiger partial charge on any atom is -0.314 e. The lowest BCUT2D eigenvalue weighted by molar-refractivity contribution is 0.450. The largest absolute Gasteiger partial charge is 0.314 e. The Morgan fingerprint density at radius 3 is 2.41 bits per heavy atom. The topological polar surface area (TPSA) is 42.7 Å². The molecule has 0 aromatic carbocycles. The quantitative estimate of drug-likeness (QED) is 0.792. The van der Waals surface area contributed by atoms with Gasteiger partial charge < -0.3 is 5.32 Å². The van der Waals surface area contributed by atoms with Gasteiger partial charge in [-0.05, 0) is 31.7 Å². The zero-order chi connectivity index (χ0) is 12.8. The van der Waals surface area contributed by atoms with E-state index in [4.69, 9.17) is 0 Å². The smallest absolute Gasteiger partial charge is 0.0996 e. The Bertz CT molecular complexity index is 328. The van der Waals surface area contributed by atoms with Crippen molar-refractivity contribution in [1.29, 1.82) is 0 Å². The van der Waals surface area contributed by atoms with Crippen LogP contribution in [0, 0.1) is 11.8 Å². The van der Waals surface area contributed by atoms with Crippen LogP contribution in [0.15, 0.2) is 0 Å². The fraction of sp³-hybridized carbons (Fsp3) is 0.846. The fourth-order valence-electron chi connectivity index (χ4n) is 1.86. The molecule has 17 heavy (non-hydrogen) atoms. The highest BCUT2D eigenvalue weighted by Gasteiger charge is 2.13. The van der Waals surface area contributed by atoms with Crippen LogP contribution in [0.4, 0.5) is 0 Å². The van der Waals surface area contributed by atoms with E-state index in [0.717, 1.165) is 31.1 Å². The van der Waals surface area contributed by atoms with Crippen molar-refractivity contribution in [3.63, 3.8) is 0 Å². The van der Waals surface area contributed by atoms with Crippen molar-refractivity contribution >= 4 is 0 Å². The van der Waals surface area contributed by atoms with E-state index in [1.54, 1.807) is 0 Å². The molecule has 0 spiro atoms. The highest BCUT2D eigenvalue weighted by molar-refractivity contribution is 5.10. The molecule has 0 saturated carbocycles. The molecule has 0 bridgehead atoms. The summed E-state index contributed by atoms with van der Waals surface area (Å²) in [6.45, 7) is 10.7.